The average Bonchev–Trinajstić information content (AvgIpc) is 3.50. The van der Waals surface area contributed by atoms with Gasteiger partial charge in [-0.25, -0.2) is 0 Å². The van der Waals surface area contributed by atoms with Crippen LogP contribution in [0.15, 0.2) is 24.3 Å². The van der Waals surface area contributed by atoms with Gasteiger partial charge in [-0.3, -0.25) is 0 Å². The van der Waals surface area contributed by atoms with Crippen molar-refractivity contribution in [1.82, 2.24) is 0 Å². The molecule has 0 spiro atoms. The Morgan fingerprint density at radius 1 is 0.929 bits per heavy atom. The quantitative estimate of drug-likeness (QED) is 0.223. The van der Waals surface area contributed by atoms with Gasteiger partial charge in [-0.05, 0) is 43.6 Å². The molecule has 0 N–H and O–H groups in total. The number of benzene rings is 1. The van der Waals surface area contributed by atoms with Crippen molar-refractivity contribution in [2.45, 2.75) is 102 Å². The molecule has 2 fully saturated rings. The molecule has 2 aliphatic rings. The van der Waals surface area contributed by atoms with E-state index >= 15 is 0 Å². The Morgan fingerprint density at radius 2 is 1.64 bits per heavy atom. The predicted molar refractivity (Wildman–Crippen MR) is 114 cm³/mol. The normalized spacial score (nSPS) is 24.2. The van der Waals surface area contributed by atoms with Crippen molar-refractivity contribution in [2.24, 2.45) is 5.92 Å². The second-order valence-corrected chi connectivity index (χ2v) is 8.79. The highest BCUT2D eigenvalue weighted by atomic mass is 16.7. The zero-order chi connectivity index (χ0) is 19.8. The minimum absolute atomic E-state index is 0.535. The fourth-order valence-electron chi connectivity index (χ4n) is 5.01. The monoisotopic (exact) mass is 388 g/mol. The number of fused-ring (bicyclic) bond motifs is 1. The number of methoxy groups -OCH3 is 2. The smallest absolute Gasteiger partial charge is 0.194 e. The molecule has 3 rings (SSSR count). The fourth-order valence-corrected chi connectivity index (χ4v) is 5.01. The molecule has 28 heavy (non-hydrogen) atoms. The number of hydrogen-bond acceptors (Lipinski definition) is 3. The van der Waals surface area contributed by atoms with Gasteiger partial charge < -0.3 is 14.2 Å². The van der Waals surface area contributed by atoms with Gasteiger partial charge >= 0.3 is 0 Å². The fraction of sp³-hybridized carbons (Fsp3) is 0.760. The number of hydrogen-bond donors (Lipinski definition) is 0. The highest BCUT2D eigenvalue weighted by Crippen LogP contribution is 2.42. The van der Waals surface area contributed by atoms with Crippen LogP contribution in [-0.2, 0) is 26.4 Å². The van der Waals surface area contributed by atoms with Crippen molar-refractivity contribution < 1.29 is 14.2 Å². The van der Waals surface area contributed by atoms with Crippen LogP contribution >= 0.6 is 0 Å². The minimum Gasteiger partial charge on any atom is -0.370 e. The summed E-state index contributed by atoms with van der Waals surface area (Å²) < 4.78 is 17.8. The molecule has 0 bridgehead atoms. The minimum atomic E-state index is -0.618. The Balaban J connectivity index is 1.60. The summed E-state index contributed by atoms with van der Waals surface area (Å²) in [6.07, 6.45) is 16.0. The third-order valence-corrected chi connectivity index (χ3v) is 6.82. The molecule has 1 saturated heterocycles. The first-order valence-corrected chi connectivity index (χ1v) is 11.6. The van der Waals surface area contributed by atoms with E-state index in [0.29, 0.717) is 12.2 Å². The van der Waals surface area contributed by atoms with E-state index in [1.54, 1.807) is 14.2 Å². The van der Waals surface area contributed by atoms with Crippen molar-refractivity contribution in [3.05, 3.63) is 35.4 Å². The van der Waals surface area contributed by atoms with Gasteiger partial charge in [0.2, 0.25) is 0 Å². The van der Waals surface area contributed by atoms with Gasteiger partial charge in [-0.1, -0.05) is 69.7 Å². The van der Waals surface area contributed by atoms with E-state index in [-0.39, 0.29) is 0 Å². The Morgan fingerprint density at radius 3 is 2.36 bits per heavy atom. The van der Waals surface area contributed by atoms with Gasteiger partial charge in [-0.15, -0.1) is 0 Å². The van der Waals surface area contributed by atoms with Crippen LogP contribution < -0.4 is 0 Å². The van der Waals surface area contributed by atoms with Crippen LogP contribution in [0.5, 0.6) is 0 Å². The van der Waals surface area contributed by atoms with Crippen molar-refractivity contribution in [3.8, 4) is 0 Å². The second kappa shape index (κ2) is 10.8. The average molecular weight is 389 g/mol. The highest BCUT2D eigenvalue weighted by Gasteiger charge is 2.44. The maximum Gasteiger partial charge on any atom is 0.194 e. The van der Waals surface area contributed by atoms with E-state index in [0.717, 1.165) is 25.2 Å². The lowest BCUT2D eigenvalue weighted by Gasteiger charge is -2.34. The summed E-state index contributed by atoms with van der Waals surface area (Å²) in [5.74, 6) is 0.0997. The molecule has 1 aliphatic heterocycles. The molecular formula is C25H40O3. The van der Waals surface area contributed by atoms with Crippen LogP contribution in [0.4, 0.5) is 0 Å². The largest absolute Gasteiger partial charge is 0.370 e. The van der Waals surface area contributed by atoms with Gasteiger partial charge in [0.1, 0.15) is 0 Å². The summed E-state index contributed by atoms with van der Waals surface area (Å²) in [7, 11) is 3.59. The van der Waals surface area contributed by atoms with Crippen molar-refractivity contribution in [3.63, 3.8) is 0 Å². The van der Waals surface area contributed by atoms with Gasteiger partial charge in [0.15, 0.2) is 5.79 Å². The predicted octanol–water partition coefficient (Wildman–Crippen LogP) is 6.38. The molecule has 3 heteroatoms. The molecule has 0 radical (unpaired) electrons. The molecule has 1 aliphatic carbocycles. The topological polar surface area (TPSA) is 31.0 Å². The summed E-state index contributed by atoms with van der Waals surface area (Å²) >= 11 is 0. The Labute approximate surface area is 172 Å². The van der Waals surface area contributed by atoms with Crippen molar-refractivity contribution >= 4 is 0 Å². The number of ether oxygens (including phenoxy) is 3. The SMILES string of the molecule is CCCCCCCCCC(OC)(OC)c1ccccc1CC1CCC2OC2C1. The molecule has 3 unspecified atom stereocenters. The first kappa shape index (κ1) is 21.8. The van der Waals surface area contributed by atoms with Gasteiger partial charge in [0.25, 0.3) is 0 Å². The molecule has 3 nitrogen and oxygen atoms in total. The lowest BCUT2D eigenvalue weighted by molar-refractivity contribution is -0.221. The highest BCUT2D eigenvalue weighted by molar-refractivity contribution is 5.32. The number of rotatable bonds is 13. The summed E-state index contributed by atoms with van der Waals surface area (Å²) in [5, 5.41) is 0. The van der Waals surface area contributed by atoms with E-state index in [9.17, 15) is 0 Å². The van der Waals surface area contributed by atoms with Crippen molar-refractivity contribution in [2.75, 3.05) is 14.2 Å². The Hall–Kier alpha value is -0.900. The maximum absolute atomic E-state index is 6.03. The molecule has 1 aromatic carbocycles. The summed E-state index contributed by atoms with van der Waals surface area (Å²) in [6.45, 7) is 2.27. The van der Waals surface area contributed by atoms with E-state index in [2.05, 4.69) is 31.2 Å². The Bertz CT molecular complexity index is 581. The van der Waals surface area contributed by atoms with Gasteiger partial charge in [-0.2, -0.15) is 0 Å². The number of unbranched alkanes of at least 4 members (excludes halogenated alkanes) is 6. The summed E-state index contributed by atoms with van der Waals surface area (Å²) in [5.41, 5.74) is 2.61. The standard InChI is InChI=1S/C25H40O3/c1-4-5-6-7-8-9-12-17-25(26-2,27-3)22-14-11-10-13-21(22)18-20-15-16-23-24(19-20)28-23/h10-11,13-14,20,23-24H,4-9,12,15-19H2,1-3H3. The summed E-state index contributed by atoms with van der Waals surface area (Å²) in [6, 6.07) is 8.76. The zero-order valence-corrected chi connectivity index (χ0v) is 18.3. The molecule has 1 aromatic rings. The van der Waals surface area contributed by atoms with E-state index in [4.69, 9.17) is 14.2 Å². The molecule has 158 valence electrons. The first-order valence-electron chi connectivity index (χ1n) is 11.6. The van der Waals surface area contributed by atoms with Crippen LogP contribution in [0, 0.1) is 5.92 Å². The third kappa shape index (κ3) is 5.58. The van der Waals surface area contributed by atoms with Crippen LogP contribution in [0.25, 0.3) is 0 Å². The van der Waals surface area contributed by atoms with Crippen molar-refractivity contribution in [1.29, 1.82) is 0 Å². The second-order valence-electron chi connectivity index (χ2n) is 8.79. The van der Waals surface area contributed by atoms with E-state index in [1.165, 1.54) is 68.9 Å². The lowest BCUT2D eigenvalue weighted by Crippen LogP contribution is -2.32. The molecule has 3 atom stereocenters. The molecule has 1 heterocycles. The van der Waals surface area contributed by atoms with Gasteiger partial charge in [0.05, 0.1) is 12.2 Å². The maximum atomic E-state index is 6.03. The zero-order valence-electron chi connectivity index (χ0n) is 18.3. The summed E-state index contributed by atoms with van der Waals surface area (Å²) in [4.78, 5) is 0. The first-order chi connectivity index (χ1) is 13.7. The lowest BCUT2D eigenvalue weighted by atomic mass is 9.82. The Kier molecular flexibility index (Phi) is 8.37. The van der Waals surface area contributed by atoms with E-state index < -0.39 is 5.79 Å². The molecule has 0 aromatic heterocycles. The third-order valence-electron chi connectivity index (χ3n) is 6.82. The number of epoxide rings is 1. The van der Waals surface area contributed by atoms with Crippen LogP contribution in [-0.4, -0.2) is 26.4 Å². The molecule has 0 amide bonds. The molecule has 1 saturated carbocycles. The van der Waals surface area contributed by atoms with Crippen LogP contribution in [0.3, 0.4) is 0 Å². The van der Waals surface area contributed by atoms with Crippen LogP contribution in [0.2, 0.25) is 0 Å². The molecular weight excluding hydrogens is 348 g/mol. The van der Waals surface area contributed by atoms with Crippen LogP contribution in [0.1, 0.15) is 88.7 Å². The van der Waals surface area contributed by atoms with E-state index in [1.807, 2.05) is 0 Å². The van der Waals surface area contributed by atoms with Gasteiger partial charge in [0, 0.05) is 26.2 Å².